The Bertz CT molecular complexity index is 451. The van der Waals surface area contributed by atoms with Gasteiger partial charge in [0.05, 0.1) is 6.10 Å². The van der Waals surface area contributed by atoms with Gasteiger partial charge < -0.3 is 9.84 Å². The van der Waals surface area contributed by atoms with Crippen LogP contribution in [0.4, 0.5) is 0 Å². The van der Waals surface area contributed by atoms with E-state index in [0.29, 0.717) is 16.7 Å². The summed E-state index contributed by atoms with van der Waals surface area (Å²) in [5.41, 5.74) is 0.637. The maximum absolute atomic E-state index is 10.3. The van der Waals surface area contributed by atoms with Gasteiger partial charge in [0.1, 0.15) is 11.4 Å². The highest BCUT2D eigenvalue weighted by Crippen LogP contribution is 2.49. The Labute approximate surface area is 110 Å². The minimum Gasteiger partial charge on any atom is -0.486 e. The number of aliphatic hydroxyl groups is 1. The molecule has 2 nitrogen and oxygen atoms in total. The first-order chi connectivity index (χ1) is 8.11. The Morgan fingerprint density at radius 1 is 1.53 bits per heavy atom. The van der Waals surface area contributed by atoms with Crippen LogP contribution in [0.15, 0.2) is 18.2 Å². The number of thioether (sulfide) groups is 1. The van der Waals surface area contributed by atoms with E-state index >= 15 is 0 Å². The lowest BCUT2D eigenvalue weighted by Crippen LogP contribution is -2.45. The van der Waals surface area contributed by atoms with Gasteiger partial charge in [0.25, 0.3) is 0 Å². The van der Waals surface area contributed by atoms with Gasteiger partial charge in [-0.2, -0.15) is 11.8 Å². The fraction of sp³-hybridized carbons (Fsp3) is 0.538. The highest BCUT2D eigenvalue weighted by molar-refractivity contribution is 8.00. The first-order valence-corrected chi connectivity index (χ1v) is 7.31. The fourth-order valence-corrected chi connectivity index (χ4v) is 4.30. The van der Waals surface area contributed by atoms with Crippen molar-refractivity contribution in [3.63, 3.8) is 0 Å². The van der Waals surface area contributed by atoms with E-state index < -0.39 is 6.10 Å². The molecule has 1 aromatic rings. The van der Waals surface area contributed by atoms with Crippen LogP contribution in [0, 0.1) is 0 Å². The minimum absolute atomic E-state index is 0.190. The number of benzene rings is 1. The zero-order chi connectivity index (χ0) is 12.0. The average Bonchev–Trinajstić information content (AvgIpc) is 2.62. The molecule has 0 saturated carbocycles. The molecule has 4 heteroatoms. The van der Waals surface area contributed by atoms with E-state index in [4.69, 9.17) is 16.3 Å². The molecule has 1 aromatic carbocycles. The molecule has 0 aliphatic carbocycles. The van der Waals surface area contributed by atoms with Crippen molar-refractivity contribution in [2.45, 2.75) is 36.7 Å². The molecule has 3 atom stereocenters. The van der Waals surface area contributed by atoms with Gasteiger partial charge in [-0.3, -0.25) is 0 Å². The predicted molar refractivity (Wildman–Crippen MR) is 70.9 cm³/mol. The molecule has 0 bridgehead atoms. The van der Waals surface area contributed by atoms with E-state index in [-0.39, 0.29) is 5.60 Å². The topological polar surface area (TPSA) is 29.5 Å². The van der Waals surface area contributed by atoms with Crippen LogP contribution in [0.5, 0.6) is 5.75 Å². The van der Waals surface area contributed by atoms with Crippen molar-refractivity contribution in [3.05, 3.63) is 28.8 Å². The van der Waals surface area contributed by atoms with Crippen molar-refractivity contribution in [1.29, 1.82) is 0 Å². The van der Waals surface area contributed by atoms with Gasteiger partial charge in [-0.1, -0.05) is 11.6 Å². The molecule has 92 valence electrons. The van der Waals surface area contributed by atoms with E-state index in [1.54, 1.807) is 6.07 Å². The van der Waals surface area contributed by atoms with Crippen LogP contribution >= 0.6 is 23.4 Å². The minimum atomic E-state index is -0.460. The van der Waals surface area contributed by atoms with Crippen molar-refractivity contribution in [2.24, 2.45) is 0 Å². The fourth-order valence-electron chi connectivity index (χ4n) is 2.74. The van der Waals surface area contributed by atoms with Crippen LogP contribution < -0.4 is 4.74 Å². The molecule has 1 fully saturated rings. The van der Waals surface area contributed by atoms with Crippen LogP contribution in [0.3, 0.4) is 0 Å². The van der Waals surface area contributed by atoms with Gasteiger partial charge in [-0.15, -0.1) is 0 Å². The smallest absolute Gasteiger partial charge is 0.126 e. The molecule has 1 N–H and O–H groups in total. The lowest BCUT2D eigenvalue weighted by Gasteiger charge is -2.40. The van der Waals surface area contributed by atoms with Gasteiger partial charge in [-0.05, 0) is 37.3 Å². The third-order valence-corrected chi connectivity index (χ3v) is 5.42. The quantitative estimate of drug-likeness (QED) is 0.783. The van der Waals surface area contributed by atoms with E-state index in [2.05, 4.69) is 6.92 Å². The summed E-state index contributed by atoms with van der Waals surface area (Å²) in [6.45, 7) is 2.19. The van der Waals surface area contributed by atoms with E-state index in [1.165, 1.54) is 0 Å². The highest BCUT2D eigenvalue weighted by atomic mass is 35.5. The average molecular weight is 271 g/mol. The number of fused-ring (bicyclic) bond motifs is 1. The second-order valence-corrected chi connectivity index (χ2v) is 6.72. The summed E-state index contributed by atoms with van der Waals surface area (Å²) in [7, 11) is 0. The lowest BCUT2D eigenvalue weighted by atomic mass is 9.85. The number of ether oxygens (including phenoxy) is 1. The molecule has 0 aromatic heterocycles. The molecule has 1 spiro atoms. The Hall–Kier alpha value is -0.380. The van der Waals surface area contributed by atoms with Crippen LogP contribution in [0.2, 0.25) is 5.02 Å². The summed E-state index contributed by atoms with van der Waals surface area (Å²) >= 11 is 7.87. The van der Waals surface area contributed by atoms with Crippen molar-refractivity contribution >= 4 is 23.4 Å². The number of halogens is 1. The number of rotatable bonds is 0. The summed E-state index contributed by atoms with van der Waals surface area (Å²) in [6.07, 6.45) is 1.23. The molecular weight excluding hydrogens is 256 g/mol. The number of hydrogen-bond acceptors (Lipinski definition) is 3. The van der Waals surface area contributed by atoms with E-state index in [9.17, 15) is 5.11 Å². The Morgan fingerprint density at radius 3 is 3.06 bits per heavy atom. The Morgan fingerprint density at radius 2 is 2.35 bits per heavy atom. The Balaban J connectivity index is 2.01. The zero-order valence-electron chi connectivity index (χ0n) is 9.65. The van der Waals surface area contributed by atoms with Gasteiger partial charge in [-0.25, -0.2) is 0 Å². The normalized spacial score (nSPS) is 35.7. The van der Waals surface area contributed by atoms with Crippen LogP contribution in [-0.4, -0.2) is 21.7 Å². The SMILES string of the molecule is CC1SCCC12C[C@@H](O)c1cc(Cl)ccc1O2. The maximum atomic E-state index is 10.3. The van der Waals surface area contributed by atoms with Crippen molar-refractivity contribution < 1.29 is 9.84 Å². The second kappa shape index (κ2) is 4.08. The van der Waals surface area contributed by atoms with Crippen molar-refractivity contribution in [2.75, 3.05) is 5.75 Å². The Kier molecular flexibility index (Phi) is 2.80. The predicted octanol–water partition coefficient (Wildman–Crippen LogP) is 3.42. The zero-order valence-corrected chi connectivity index (χ0v) is 11.2. The largest absolute Gasteiger partial charge is 0.486 e. The van der Waals surface area contributed by atoms with Gasteiger partial charge in [0.2, 0.25) is 0 Å². The summed E-state index contributed by atoms with van der Waals surface area (Å²) in [5.74, 6) is 1.90. The first kappa shape index (κ1) is 11.7. The lowest BCUT2D eigenvalue weighted by molar-refractivity contribution is -0.0103. The third kappa shape index (κ3) is 1.85. The van der Waals surface area contributed by atoms with Crippen LogP contribution in [0.25, 0.3) is 0 Å². The molecule has 2 aliphatic rings. The summed E-state index contributed by atoms with van der Waals surface area (Å²) in [6, 6.07) is 5.50. The van der Waals surface area contributed by atoms with Gasteiger partial charge >= 0.3 is 0 Å². The third-order valence-electron chi connectivity index (χ3n) is 3.82. The molecular formula is C13H15ClO2S. The standard InChI is InChI=1S/C13H15ClO2S/c1-8-13(4-5-17-8)7-11(15)10-6-9(14)2-3-12(10)16-13/h2-3,6,8,11,15H,4-5,7H2,1H3/t8?,11-,13?/m1/s1. The number of aliphatic hydroxyl groups excluding tert-OH is 1. The molecule has 2 heterocycles. The molecule has 3 rings (SSSR count). The number of hydrogen-bond donors (Lipinski definition) is 1. The summed E-state index contributed by atoms with van der Waals surface area (Å²) in [5, 5.41) is 11.4. The molecule has 0 radical (unpaired) electrons. The van der Waals surface area contributed by atoms with Crippen LogP contribution in [0.1, 0.15) is 31.4 Å². The molecule has 17 heavy (non-hydrogen) atoms. The van der Waals surface area contributed by atoms with Crippen molar-refractivity contribution in [1.82, 2.24) is 0 Å². The van der Waals surface area contributed by atoms with E-state index in [0.717, 1.165) is 23.5 Å². The summed E-state index contributed by atoms with van der Waals surface area (Å²) in [4.78, 5) is 0. The molecule has 2 unspecified atom stereocenters. The first-order valence-electron chi connectivity index (χ1n) is 5.89. The highest BCUT2D eigenvalue weighted by Gasteiger charge is 2.48. The maximum Gasteiger partial charge on any atom is 0.126 e. The van der Waals surface area contributed by atoms with Crippen LogP contribution in [-0.2, 0) is 0 Å². The monoisotopic (exact) mass is 270 g/mol. The van der Waals surface area contributed by atoms with E-state index in [1.807, 2.05) is 23.9 Å². The molecule has 0 amide bonds. The second-order valence-electron chi connectivity index (χ2n) is 4.83. The van der Waals surface area contributed by atoms with Crippen molar-refractivity contribution in [3.8, 4) is 5.75 Å². The molecule has 2 aliphatic heterocycles. The van der Waals surface area contributed by atoms with Gasteiger partial charge in [0.15, 0.2) is 0 Å². The van der Waals surface area contributed by atoms with Gasteiger partial charge in [0, 0.05) is 22.3 Å². The summed E-state index contributed by atoms with van der Waals surface area (Å²) < 4.78 is 6.18. The molecule has 1 saturated heterocycles.